The Kier molecular flexibility index (Phi) is 5.68. The van der Waals surface area contributed by atoms with Gasteiger partial charge in [0.1, 0.15) is 28.4 Å². The smallest absolute Gasteiger partial charge is 0.449 e. The van der Waals surface area contributed by atoms with Crippen molar-refractivity contribution in [1.82, 2.24) is 9.55 Å². The number of Topliss-reactive ketones (excluding diaryl/α,β-unsaturated/α-hetero) is 1. The van der Waals surface area contributed by atoms with Crippen molar-refractivity contribution in [3.63, 3.8) is 0 Å². The average Bonchev–Trinajstić information content (AvgIpc) is 3.06. The Balaban J connectivity index is 2.11. The van der Waals surface area contributed by atoms with E-state index in [1.807, 2.05) is 0 Å². The van der Waals surface area contributed by atoms with E-state index in [0.717, 1.165) is 4.57 Å². The van der Waals surface area contributed by atoms with E-state index >= 15 is 0 Å². The van der Waals surface area contributed by atoms with Crippen LogP contribution in [0.1, 0.15) is 23.1 Å². The number of nitrogens with zero attached hydrogens (tertiary/aromatic N) is 2. The fourth-order valence-electron chi connectivity index (χ4n) is 3.11. The van der Waals surface area contributed by atoms with Gasteiger partial charge < -0.3 is 19.4 Å². The highest BCUT2D eigenvalue weighted by Gasteiger charge is 2.38. The van der Waals surface area contributed by atoms with E-state index in [4.69, 9.17) is 9.47 Å². The summed E-state index contributed by atoms with van der Waals surface area (Å²) in [5.74, 6) is -1.86. The average molecular weight is 421 g/mol. The number of carbonyl (C=O) groups is 2. The van der Waals surface area contributed by atoms with Crippen molar-refractivity contribution in [3.05, 3.63) is 47.8 Å². The molecule has 0 saturated carbocycles. The minimum absolute atomic E-state index is 0.0539. The number of anilines is 1. The van der Waals surface area contributed by atoms with Crippen molar-refractivity contribution in [3.8, 4) is 11.5 Å². The maximum Gasteiger partial charge on any atom is 0.449 e. The van der Waals surface area contributed by atoms with Crippen molar-refractivity contribution in [2.45, 2.75) is 19.6 Å². The summed E-state index contributed by atoms with van der Waals surface area (Å²) < 4.78 is 51.6. The second kappa shape index (κ2) is 8.05. The van der Waals surface area contributed by atoms with Gasteiger partial charge in [-0.05, 0) is 31.2 Å². The van der Waals surface area contributed by atoms with Gasteiger partial charge in [-0.25, -0.2) is 4.98 Å². The van der Waals surface area contributed by atoms with Gasteiger partial charge in [0.05, 0.1) is 32.0 Å². The van der Waals surface area contributed by atoms with Crippen molar-refractivity contribution < 1.29 is 32.2 Å². The number of methoxy groups -OCH3 is 2. The topological polar surface area (TPSA) is 82.4 Å². The van der Waals surface area contributed by atoms with Crippen LogP contribution in [0, 0.1) is 0 Å². The monoisotopic (exact) mass is 421 g/mol. The summed E-state index contributed by atoms with van der Waals surface area (Å²) in [6, 6.07) is 9.04. The molecule has 0 radical (unpaired) electrons. The summed E-state index contributed by atoms with van der Waals surface area (Å²) in [7, 11) is 2.76. The molecule has 0 fully saturated rings. The summed E-state index contributed by atoms with van der Waals surface area (Å²) >= 11 is 0. The Morgan fingerprint density at radius 2 is 1.67 bits per heavy atom. The number of ether oxygens (including phenoxy) is 2. The summed E-state index contributed by atoms with van der Waals surface area (Å²) in [5, 5.41) is 2.57. The van der Waals surface area contributed by atoms with Crippen LogP contribution in [0.25, 0.3) is 11.0 Å². The number of fused-ring (bicyclic) bond motifs is 1. The van der Waals surface area contributed by atoms with Gasteiger partial charge in [0.15, 0.2) is 0 Å². The number of amides is 1. The van der Waals surface area contributed by atoms with Gasteiger partial charge >= 0.3 is 6.18 Å². The molecule has 3 aromatic rings. The molecule has 0 aliphatic rings. The first-order valence-electron chi connectivity index (χ1n) is 8.75. The molecule has 0 saturated heterocycles. The van der Waals surface area contributed by atoms with Crippen LogP contribution >= 0.6 is 0 Å². The second-order valence-electron chi connectivity index (χ2n) is 6.39. The summed E-state index contributed by atoms with van der Waals surface area (Å²) in [5.41, 5.74) is 0.118. The van der Waals surface area contributed by atoms with E-state index in [0.29, 0.717) is 0 Å². The first-order chi connectivity index (χ1) is 14.2. The number of para-hydroxylation sites is 1. The Bertz CT molecular complexity index is 1100. The van der Waals surface area contributed by atoms with Crippen molar-refractivity contribution in [2.75, 3.05) is 19.5 Å². The van der Waals surface area contributed by atoms with Crippen LogP contribution in [0.15, 0.2) is 36.4 Å². The Morgan fingerprint density at radius 3 is 2.20 bits per heavy atom. The number of hydrogen-bond donors (Lipinski definition) is 1. The Labute approximate surface area is 169 Å². The molecule has 10 heteroatoms. The van der Waals surface area contributed by atoms with Crippen molar-refractivity contribution in [2.24, 2.45) is 0 Å². The highest BCUT2D eigenvalue weighted by atomic mass is 19.4. The molecule has 158 valence electrons. The SMILES string of the molecule is COc1cccc(OC)c1C(=O)Nc1cccc2c1nc(C(F)(F)F)n2CC(C)=O. The minimum atomic E-state index is -4.78. The molecular formula is C20H18F3N3O4. The number of alkyl halides is 3. The normalized spacial score (nSPS) is 11.4. The highest BCUT2D eigenvalue weighted by Crippen LogP contribution is 2.35. The lowest BCUT2D eigenvalue weighted by molar-refractivity contribution is -0.147. The number of halogens is 3. The first-order valence-corrected chi connectivity index (χ1v) is 8.75. The zero-order chi connectivity index (χ0) is 22.1. The fourth-order valence-corrected chi connectivity index (χ4v) is 3.11. The van der Waals surface area contributed by atoms with E-state index < -0.39 is 30.2 Å². The van der Waals surface area contributed by atoms with Gasteiger partial charge in [0.2, 0.25) is 5.82 Å². The lowest BCUT2D eigenvalue weighted by atomic mass is 10.1. The van der Waals surface area contributed by atoms with E-state index in [-0.39, 0.29) is 33.8 Å². The summed E-state index contributed by atoms with van der Waals surface area (Å²) in [6.07, 6.45) is -4.78. The van der Waals surface area contributed by atoms with Gasteiger partial charge in [-0.3, -0.25) is 9.59 Å². The lowest BCUT2D eigenvalue weighted by Crippen LogP contribution is -2.17. The summed E-state index contributed by atoms with van der Waals surface area (Å²) in [4.78, 5) is 28.1. The van der Waals surface area contributed by atoms with Crippen LogP contribution in [0.3, 0.4) is 0 Å². The van der Waals surface area contributed by atoms with Gasteiger partial charge in [-0.15, -0.1) is 0 Å². The van der Waals surface area contributed by atoms with E-state index in [1.54, 1.807) is 18.2 Å². The van der Waals surface area contributed by atoms with E-state index in [2.05, 4.69) is 10.3 Å². The van der Waals surface area contributed by atoms with Gasteiger partial charge in [-0.2, -0.15) is 13.2 Å². The van der Waals surface area contributed by atoms with Gasteiger partial charge in [0.25, 0.3) is 5.91 Å². The molecule has 3 rings (SSSR count). The minimum Gasteiger partial charge on any atom is -0.496 e. The largest absolute Gasteiger partial charge is 0.496 e. The lowest BCUT2D eigenvalue weighted by Gasteiger charge is -2.13. The van der Waals surface area contributed by atoms with Crippen molar-refractivity contribution >= 4 is 28.4 Å². The number of ketones is 1. The molecule has 0 bridgehead atoms. The molecule has 1 heterocycles. The zero-order valence-electron chi connectivity index (χ0n) is 16.3. The number of carbonyl (C=O) groups excluding carboxylic acids is 2. The molecule has 7 nitrogen and oxygen atoms in total. The van der Waals surface area contributed by atoms with Crippen molar-refractivity contribution in [1.29, 1.82) is 0 Å². The molecule has 1 amide bonds. The predicted octanol–water partition coefficient (Wildman–Crippen LogP) is 3.91. The molecule has 0 aliphatic heterocycles. The molecule has 30 heavy (non-hydrogen) atoms. The number of imidazole rings is 1. The molecule has 0 spiro atoms. The number of benzene rings is 2. The van der Waals surface area contributed by atoms with Gasteiger partial charge in [-0.1, -0.05) is 12.1 Å². The van der Waals surface area contributed by atoms with E-state index in [1.165, 1.54) is 39.3 Å². The molecular weight excluding hydrogens is 403 g/mol. The third-order valence-corrected chi connectivity index (χ3v) is 4.32. The number of nitrogens with one attached hydrogen (secondary N) is 1. The molecule has 1 N–H and O–H groups in total. The highest BCUT2D eigenvalue weighted by molar-refractivity contribution is 6.11. The molecule has 0 aliphatic carbocycles. The van der Waals surface area contributed by atoms with Crippen LogP contribution in [-0.4, -0.2) is 35.5 Å². The fraction of sp³-hybridized carbons (Fsp3) is 0.250. The first kappa shape index (κ1) is 21.2. The molecule has 0 unspecified atom stereocenters. The van der Waals surface area contributed by atoms with Crippen LogP contribution in [-0.2, 0) is 17.5 Å². The van der Waals surface area contributed by atoms with Gasteiger partial charge in [0, 0.05) is 0 Å². The Morgan fingerprint density at radius 1 is 1.07 bits per heavy atom. The number of aromatic nitrogens is 2. The van der Waals surface area contributed by atoms with Crippen LogP contribution < -0.4 is 14.8 Å². The molecule has 0 atom stereocenters. The zero-order valence-corrected chi connectivity index (χ0v) is 16.3. The third-order valence-electron chi connectivity index (χ3n) is 4.32. The maximum atomic E-state index is 13.5. The summed E-state index contributed by atoms with van der Waals surface area (Å²) in [6.45, 7) is 0.689. The standard InChI is InChI=1S/C20H18F3N3O4/c1-11(27)10-26-13-7-4-6-12(17(13)25-19(26)20(21,22)23)24-18(28)16-14(29-2)8-5-9-15(16)30-3/h4-9H,10H2,1-3H3,(H,24,28). The molecule has 1 aromatic heterocycles. The molecule has 2 aromatic carbocycles. The number of rotatable bonds is 6. The van der Waals surface area contributed by atoms with Crippen LogP contribution in [0.5, 0.6) is 11.5 Å². The number of hydrogen-bond acceptors (Lipinski definition) is 5. The third kappa shape index (κ3) is 3.93. The Hall–Kier alpha value is -3.56. The van der Waals surface area contributed by atoms with Crippen LogP contribution in [0.2, 0.25) is 0 Å². The second-order valence-corrected chi connectivity index (χ2v) is 6.39. The quantitative estimate of drug-likeness (QED) is 0.653. The maximum absolute atomic E-state index is 13.5. The predicted molar refractivity (Wildman–Crippen MR) is 103 cm³/mol. The van der Waals surface area contributed by atoms with E-state index in [9.17, 15) is 22.8 Å². The van der Waals surface area contributed by atoms with Crippen LogP contribution in [0.4, 0.5) is 18.9 Å².